The lowest BCUT2D eigenvalue weighted by Gasteiger charge is -2.42. The highest BCUT2D eigenvalue weighted by molar-refractivity contribution is 7.89. The zero-order valence-electron chi connectivity index (χ0n) is 14.9. The minimum absolute atomic E-state index is 0.106. The predicted molar refractivity (Wildman–Crippen MR) is 96.3 cm³/mol. The molecule has 134 valence electrons. The molecular formula is C18H28N2O3S. The lowest BCUT2D eigenvalue weighted by atomic mass is 9.72. The highest BCUT2D eigenvalue weighted by Crippen LogP contribution is 2.38. The molecule has 0 radical (unpaired) electrons. The number of amides is 1. The first kappa shape index (κ1) is 18.9. The van der Waals surface area contributed by atoms with Crippen LogP contribution in [0.1, 0.15) is 39.2 Å². The lowest BCUT2D eigenvalue weighted by Crippen LogP contribution is -2.54. The third kappa shape index (κ3) is 3.49. The molecule has 0 bridgehead atoms. The number of carbonyl (C=O) groups is 1. The van der Waals surface area contributed by atoms with Crippen LogP contribution in [0.15, 0.2) is 30.3 Å². The van der Waals surface area contributed by atoms with E-state index in [-0.39, 0.29) is 11.7 Å². The molecule has 1 aliphatic heterocycles. The van der Waals surface area contributed by atoms with Crippen LogP contribution in [0.25, 0.3) is 0 Å². The molecule has 5 nitrogen and oxygen atoms in total. The Morgan fingerprint density at radius 1 is 1.08 bits per heavy atom. The van der Waals surface area contributed by atoms with Crippen LogP contribution >= 0.6 is 0 Å². The van der Waals surface area contributed by atoms with Crippen molar-refractivity contribution in [2.24, 2.45) is 0 Å². The Morgan fingerprint density at radius 3 is 2.08 bits per heavy atom. The summed E-state index contributed by atoms with van der Waals surface area (Å²) in [4.78, 5) is 15.1. The fourth-order valence-electron chi connectivity index (χ4n) is 3.53. The smallest absolute Gasteiger partial charge is 0.233 e. The molecule has 24 heavy (non-hydrogen) atoms. The Morgan fingerprint density at radius 2 is 1.62 bits per heavy atom. The second kappa shape index (κ2) is 7.66. The highest BCUT2D eigenvalue weighted by Gasteiger charge is 2.46. The number of rotatable bonds is 6. The molecule has 0 saturated carbocycles. The monoisotopic (exact) mass is 352 g/mol. The summed E-state index contributed by atoms with van der Waals surface area (Å²) >= 11 is 0. The molecular weight excluding hydrogens is 324 g/mol. The number of carbonyl (C=O) groups excluding carboxylic acids is 1. The van der Waals surface area contributed by atoms with Gasteiger partial charge in [-0.1, -0.05) is 30.3 Å². The van der Waals surface area contributed by atoms with Crippen molar-refractivity contribution in [2.75, 3.05) is 31.9 Å². The van der Waals surface area contributed by atoms with Gasteiger partial charge in [0, 0.05) is 26.2 Å². The van der Waals surface area contributed by atoms with Crippen LogP contribution in [0.2, 0.25) is 0 Å². The van der Waals surface area contributed by atoms with Gasteiger partial charge < -0.3 is 4.90 Å². The van der Waals surface area contributed by atoms with Crippen LogP contribution in [0.3, 0.4) is 0 Å². The number of benzene rings is 1. The molecule has 0 N–H and O–H groups in total. The Balaban J connectivity index is 2.36. The van der Waals surface area contributed by atoms with Gasteiger partial charge in [0.15, 0.2) is 0 Å². The average molecular weight is 353 g/mol. The maximum atomic E-state index is 13.3. The van der Waals surface area contributed by atoms with E-state index in [4.69, 9.17) is 0 Å². The minimum atomic E-state index is -3.20. The third-order valence-electron chi connectivity index (χ3n) is 5.12. The van der Waals surface area contributed by atoms with Crippen molar-refractivity contribution < 1.29 is 13.2 Å². The first-order chi connectivity index (χ1) is 11.4. The number of piperidine rings is 1. The van der Waals surface area contributed by atoms with Gasteiger partial charge in [-0.05, 0) is 39.2 Å². The Labute approximate surface area is 145 Å². The maximum Gasteiger partial charge on any atom is 0.233 e. The van der Waals surface area contributed by atoms with E-state index in [1.807, 2.05) is 49.1 Å². The minimum Gasteiger partial charge on any atom is -0.342 e. The van der Waals surface area contributed by atoms with Crippen LogP contribution in [0, 0.1) is 0 Å². The van der Waals surface area contributed by atoms with Gasteiger partial charge in [-0.15, -0.1) is 0 Å². The van der Waals surface area contributed by atoms with Crippen molar-refractivity contribution in [3.05, 3.63) is 35.9 Å². The van der Waals surface area contributed by atoms with E-state index in [9.17, 15) is 13.2 Å². The van der Waals surface area contributed by atoms with E-state index in [1.165, 1.54) is 4.31 Å². The van der Waals surface area contributed by atoms with Crippen LogP contribution in [-0.4, -0.2) is 55.5 Å². The van der Waals surface area contributed by atoms with Crippen molar-refractivity contribution in [2.45, 2.75) is 39.0 Å². The molecule has 1 aromatic carbocycles. The molecule has 1 aromatic rings. The number of hydrogen-bond acceptors (Lipinski definition) is 3. The molecule has 1 amide bonds. The lowest BCUT2D eigenvalue weighted by molar-refractivity contribution is -0.138. The molecule has 1 heterocycles. The molecule has 1 fully saturated rings. The summed E-state index contributed by atoms with van der Waals surface area (Å²) in [7, 11) is -3.20. The van der Waals surface area contributed by atoms with Crippen LogP contribution in [0.4, 0.5) is 0 Å². The summed E-state index contributed by atoms with van der Waals surface area (Å²) in [5.41, 5.74) is 0.378. The summed E-state index contributed by atoms with van der Waals surface area (Å²) in [5, 5.41) is 0. The van der Waals surface area contributed by atoms with Gasteiger partial charge in [-0.25, -0.2) is 12.7 Å². The van der Waals surface area contributed by atoms with Gasteiger partial charge in [-0.2, -0.15) is 0 Å². The fourth-order valence-corrected chi connectivity index (χ4v) is 4.63. The van der Waals surface area contributed by atoms with Gasteiger partial charge in [0.25, 0.3) is 0 Å². The molecule has 2 rings (SSSR count). The van der Waals surface area contributed by atoms with Gasteiger partial charge in [0.05, 0.1) is 11.2 Å². The van der Waals surface area contributed by atoms with Crippen molar-refractivity contribution in [1.82, 2.24) is 9.21 Å². The first-order valence-electron chi connectivity index (χ1n) is 8.74. The van der Waals surface area contributed by atoms with Crippen LogP contribution < -0.4 is 0 Å². The Bertz CT molecular complexity index is 646. The number of likely N-dealkylation sites (N-methyl/N-ethyl adjacent to an activating group) is 1. The summed E-state index contributed by atoms with van der Waals surface area (Å²) in [6.07, 6.45) is 1.07. The van der Waals surface area contributed by atoms with Crippen molar-refractivity contribution in [3.8, 4) is 0 Å². The molecule has 0 unspecified atom stereocenters. The number of sulfonamides is 1. The van der Waals surface area contributed by atoms with Crippen LogP contribution in [-0.2, 0) is 20.2 Å². The number of nitrogens with zero attached hydrogens (tertiary/aromatic N) is 2. The topological polar surface area (TPSA) is 57.7 Å². The quantitative estimate of drug-likeness (QED) is 0.789. The summed E-state index contributed by atoms with van der Waals surface area (Å²) in [6, 6.07) is 9.82. The highest BCUT2D eigenvalue weighted by atomic mass is 32.2. The fraction of sp³-hybridized carbons (Fsp3) is 0.611. The SMILES string of the molecule is CCN(CC)C(=O)C1(c2ccccc2)CCN(S(=O)(=O)CC)CC1. The predicted octanol–water partition coefficient (Wildman–Crippen LogP) is 2.24. The van der Waals surface area contributed by atoms with E-state index in [1.54, 1.807) is 6.92 Å². The summed E-state index contributed by atoms with van der Waals surface area (Å²) < 4.78 is 25.8. The Hall–Kier alpha value is -1.40. The van der Waals surface area contributed by atoms with Gasteiger partial charge in [-0.3, -0.25) is 4.79 Å². The molecule has 1 aliphatic rings. The standard InChI is InChI=1S/C18H28N2O3S/c1-4-19(5-2)17(21)18(16-10-8-7-9-11-16)12-14-20(15-13-18)24(22,23)6-3/h7-11H,4-6,12-15H2,1-3H3. The van der Waals surface area contributed by atoms with Crippen molar-refractivity contribution >= 4 is 15.9 Å². The molecule has 6 heteroatoms. The average Bonchev–Trinajstić information content (AvgIpc) is 2.63. The number of hydrogen-bond donors (Lipinski definition) is 0. The molecule has 0 spiro atoms. The molecule has 0 atom stereocenters. The molecule has 1 saturated heterocycles. The largest absolute Gasteiger partial charge is 0.342 e. The van der Waals surface area contributed by atoms with E-state index in [0.29, 0.717) is 39.0 Å². The zero-order valence-corrected chi connectivity index (χ0v) is 15.7. The first-order valence-corrected chi connectivity index (χ1v) is 10.3. The van der Waals surface area contributed by atoms with E-state index < -0.39 is 15.4 Å². The van der Waals surface area contributed by atoms with E-state index in [2.05, 4.69) is 0 Å². The summed E-state index contributed by atoms with van der Waals surface area (Å²) in [5.74, 6) is 0.224. The normalized spacial score (nSPS) is 18.3. The molecule has 0 aromatic heterocycles. The van der Waals surface area contributed by atoms with Crippen LogP contribution in [0.5, 0.6) is 0 Å². The van der Waals surface area contributed by atoms with Gasteiger partial charge >= 0.3 is 0 Å². The van der Waals surface area contributed by atoms with E-state index in [0.717, 1.165) is 5.56 Å². The second-order valence-electron chi connectivity index (χ2n) is 6.23. The summed E-state index contributed by atoms with van der Waals surface area (Å²) in [6.45, 7) is 7.76. The van der Waals surface area contributed by atoms with Crippen molar-refractivity contribution in [3.63, 3.8) is 0 Å². The van der Waals surface area contributed by atoms with E-state index >= 15 is 0 Å². The zero-order chi connectivity index (χ0) is 17.8. The van der Waals surface area contributed by atoms with Gasteiger partial charge in [0.1, 0.15) is 0 Å². The Kier molecular flexibility index (Phi) is 6.04. The van der Waals surface area contributed by atoms with Crippen molar-refractivity contribution in [1.29, 1.82) is 0 Å². The molecule has 0 aliphatic carbocycles. The second-order valence-corrected chi connectivity index (χ2v) is 8.48. The van der Waals surface area contributed by atoms with Gasteiger partial charge in [0.2, 0.25) is 15.9 Å². The maximum absolute atomic E-state index is 13.3. The third-order valence-corrected chi connectivity index (χ3v) is 7.00.